The number of fused-ring (bicyclic) bond motifs is 1. The standard InChI is InChI=1S/C11H7F4NO2/c12-6-1-2-9-7(3-6)8(10(17)18)4-16(9)5-11(13,14)15/h1-4H,5H2,(H,17,18)/p-1. The molecule has 0 atom stereocenters. The van der Waals surface area contributed by atoms with Gasteiger partial charge in [0.15, 0.2) is 0 Å². The second kappa shape index (κ2) is 4.01. The number of aromatic nitrogens is 1. The van der Waals surface area contributed by atoms with Crippen molar-refractivity contribution in [1.82, 2.24) is 4.57 Å². The Morgan fingerprint density at radius 3 is 2.56 bits per heavy atom. The number of rotatable bonds is 2. The lowest BCUT2D eigenvalue weighted by atomic mass is 10.2. The second-order valence-corrected chi connectivity index (χ2v) is 3.73. The highest BCUT2D eigenvalue weighted by molar-refractivity contribution is 6.02. The van der Waals surface area contributed by atoms with Crippen molar-refractivity contribution in [3.05, 3.63) is 35.8 Å². The number of aromatic carboxylic acids is 1. The van der Waals surface area contributed by atoms with Crippen molar-refractivity contribution in [3.8, 4) is 0 Å². The number of carboxylic acid groups (broad SMARTS) is 1. The molecule has 2 rings (SSSR count). The van der Waals surface area contributed by atoms with Gasteiger partial charge in [0.25, 0.3) is 0 Å². The minimum absolute atomic E-state index is 0.00655. The molecule has 0 fully saturated rings. The highest BCUT2D eigenvalue weighted by Gasteiger charge is 2.29. The molecular formula is C11H6F4NO2-. The topological polar surface area (TPSA) is 45.1 Å². The van der Waals surface area contributed by atoms with Gasteiger partial charge in [0.05, 0.1) is 5.97 Å². The van der Waals surface area contributed by atoms with E-state index in [2.05, 4.69) is 0 Å². The molecule has 96 valence electrons. The van der Waals surface area contributed by atoms with E-state index in [0.29, 0.717) is 4.57 Å². The monoisotopic (exact) mass is 260 g/mol. The van der Waals surface area contributed by atoms with Crippen molar-refractivity contribution in [1.29, 1.82) is 0 Å². The fraction of sp³-hybridized carbons (Fsp3) is 0.182. The van der Waals surface area contributed by atoms with Crippen molar-refractivity contribution >= 4 is 16.9 Å². The van der Waals surface area contributed by atoms with Gasteiger partial charge in [0.1, 0.15) is 12.4 Å². The Labute approximate surface area is 98.2 Å². The van der Waals surface area contributed by atoms with Crippen molar-refractivity contribution in [3.63, 3.8) is 0 Å². The zero-order valence-corrected chi connectivity index (χ0v) is 8.79. The summed E-state index contributed by atoms with van der Waals surface area (Å²) in [6, 6.07) is 2.93. The maximum Gasteiger partial charge on any atom is 0.406 e. The molecular weight excluding hydrogens is 254 g/mol. The summed E-state index contributed by atoms with van der Waals surface area (Å²) in [5.41, 5.74) is -0.471. The van der Waals surface area contributed by atoms with Gasteiger partial charge in [-0.1, -0.05) is 0 Å². The van der Waals surface area contributed by atoms with Crippen molar-refractivity contribution < 1.29 is 27.5 Å². The Bertz CT molecular complexity index is 615. The highest BCUT2D eigenvalue weighted by atomic mass is 19.4. The first-order chi connectivity index (χ1) is 8.28. The molecule has 0 saturated carbocycles. The van der Waals surface area contributed by atoms with Gasteiger partial charge in [0.2, 0.25) is 0 Å². The molecule has 3 nitrogen and oxygen atoms in total. The van der Waals surface area contributed by atoms with Crippen molar-refractivity contribution in [2.45, 2.75) is 12.7 Å². The minimum Gasteiger partial charge on any atom is -0.545 e. The average molecular weight is 260 g/mol. The first kappa shape index (κ1) is 12.4. The van der Waals surface area contributed by atoms with E-state index in [1.807, 2.05) is 0 Å². The number of alkyl halides is 3. The SMILES string of the molecule is O=C([O-])c1cn(CC(F)(F)F)c2ccc(F)cc12. The Balaban J connectivity index is 2.65. The van der Waals surface area contributed by atoms with Gasteiger partial charge in [0, 0.05) is 22.7 Å². The molecule has 0 aliphatic rings. The molecule has 2 aromatic rings. The van der Waals surface area contributed by atoms with Gasteiger partial charge in [-0.05, 0) is 18.2 Å². The molecule has 1 aromatic carbocycles. The average Bonchev–Trinajstić information content (AvgIpc) is 2.54. The number of hydrogen-bond acceptors (Lipinski definition) is 2. The van der Waals surface area contributed by atoms with E-state index in [1.54, 1.807) is 0 Å². The number of carbonyl (C=O) groups is 1. The molecule has 0 amide bonds. The van der Waals surface area contributed by atoms with Crippen LogP contribution >= 0.6 is 0 Å². The third-order valence-electron chi connectivity index (χ3n) is 2.41. The Morgan fingerprint density at radius 2 is 2.00 bits per heavy atom. The molecule has 0 aliphatic carbocycles. The lowest BCUT2D eigenvalue weighted by Crippen LogP contribution is -2.22. The largest absolute Gasteiger partial charge is 0.545 e. The quantitative estimate of drug-likeness (QED) is 0.771. The van der Waals surface area contributed by atoms with Crippen LogP contribution in [0.25, 0.3) is 10.9 Å². The van der Waals surface area contributed by atoms with Crippen LogP contribution in [0.2, 0.25) is 0 Å². The molecule has 0 spiro atoms. The van der Waals surface area contributed by atoms with Gasteiger partial charge in [-0.2, -0.15) is 13.2 Å². The summed E-state index contributed by atoms with van der Waals surface area (Å²) >= 11 is 0. The molecule has 0 saturated heterocycles. The zero-order chi connectivity index (χ0) is 13.5. The van der Waals surface area contributed by atoms with Crippen LogP contribution in [0.4, 0.5) is 17.6 Å². The number of benzene rings is 1. The first-order valence-electron chi connectivity index (χ1n) is 4.84. The number of halogens is 4. The van der Waals surface area contributed by atoms with Gasteiger partial charge in [-0.15, -0.1) is 0 Å². The molecule has 1 heterocycles. The Kier molecular flexibility index (Phi) is 2.76. The number of nitrogens with zero attached hydrogens (tertiary/aromatic N) is 1. The van der Waals surface area contributed by atoms with Crippen LogP contribution in [0.5, 0.6) is 0 Å². The van der Waals surface area contributed by atoms with E-state index in [9.17, 15) is 27.5 Å². The highest BCUT2D eigenvalue weighted by Crippen LogP contribution is 2.26. The smallest absolute Gasteiger partial charge is 0.406 e. The Hall–Kier alpha value is -2.05. The summed E-state index contributed by atoms with van der Waals surface area (Å²) in [6.07, 6.45) is -3.70. The summed E-state index contributed by atoms with van der Waals surface area (Å²) in [5, 5.41) is 10.7. The van der Waals surface area contributed by atoms with E-state index in [-0.39, 0.29) is 10.9 Å². The molecule has 0 N–H and O–H groups in total. The van der Waals surface area contributed by atoms with Gasteiger partial charge >= 0.3 is 6.18 Å². The summed E-state index contributed by atoms with van der Waals surface area (Å²) < 4.78 is 50.6. The maximum absolute atomic E-state index is 13.0. The molecule has 0 bridgehead atoms. The second-order valence-electron chi connectivity index (χ2n) is 3.73. The third-order valence-corrected chi connectivity index (χ3v) is 2.41. The normalized spacial score (nSPS) is 12.0. The molecule has 1 aromatic heterocycles. The first-order valence-corrected chi connectivity index (χ1v) is 4.84. The van der Waals surface area contributed by atoms with Crippen LogP contribution in [0.3, 0.4) is 0 Å². The lowest BCUT2D eigenvalue weighted by Gasteiger charge is -2.08. The fourth-order valence-electron chi connectivity index (χ4n) is 1.76. The van der Waals surface area contributed by atoms with E-state index in [0.717, 1.165) is 24.4 Å². The van der Waals surface area contributed by atoms with Crippen LogP contribution < -0.4 is 5.11 Å². The van der Waals surface area contributed by atoms with Crippen LogP contribution in [0.15, 0.2) is 24.4 Å². The summed E-state index contributed by atoms with van der Waals surface area (Å²) in [5.74, 6) is -2.37. The lowest BCUT2D eigenvalue weighted by molar-refractivity contribution is -0.254. The Morgan fingerprint density at radius 1 is 1.33 bits per heavy atom. The van der Waals surface area contributed by atoms with Crippen molar-refractivity contribution in [2.24, 2.45) is 0 Å². The zero-order valence-electron chi connectivity index (χ0n) is 8.79. The number of carbonyl (C=O) groups excluding carboxylic acids is 1. The number of carboxylic acids is 1. The predicted octanol–water partition coefficient (Wildman–Crippen LogP) is 1.71. The maximum atomic E-state index is 13.0. The summed E-state index contributed by atoms with van der Waals surface area (Å²) in [6.45, 7) is -1.34. The van der Waals surface area contributed by atoms with Gasteiger partial charge in [-0.25, -0.2) is 4.39 Å². The fourth-order valence-corrected chi connectivity index (χ4v) is 1.76. The third kappa shape index (κ3) is 2.29. The van der Waals surface area contributed by atoms with E-state index >= 15 is 0 Å². The van der Waals surface area contributed by atoms with Gasteiger partial charge < -0.3 is 14.5 Å². The van der Waals surface area contributed by atoms with Crippen LogP contribution in [-0.2, 0) is 6.54 Å². The molecule has 0 aliphatic heterocycles. The minimum atomic E-state index is -4.50. The predicted molar refractivity (Wildman–Crippen MR) is 52.3 cm³/mol. The van der Waals surface area contributed by atoms with E-state index < -0.39 is 30.1 Å². The van der Waals surface area contributed by atoms with E-state index in [1.165, 1.54) is 0 Å². The summed E-state index contributed by atoms with van der Waals surface area (Å²) in [7, 11) is 0. The van der Waals surface area contributed by atoms with Gasteiger partial charge in [-0.3, -0.25) is 0 Å². The summed E-state index contributed by atoms with van der Waals surface area (Å²) in [4.78, 5) is 10.8. The van der Waals surface area contributed by atoms with Crippen LogP contribution in [0.1, 0.15) is 10.4 Å². The van der Waals surface area contributed by atoms with E-state index in [4.69, 9.17) is 0 Å². The molecule has 0 radical (unpaired) electrons. The molecule has 0 unspecified atom stereocenters. The van der Waals surface area contributed by atoms with Crippen LogP contribution in [-0.4, -0.2) is 16.7 Å². The molecule has 7 heteroatoms. The van der Waals surface area contributed by atoms with Crippen molar-refractivity contribution in [2.75, 3.05) is 0 Å². The van der Waals surface area contributed by atoms with Crippen LogP contribution in [0, 0.1) is 5.82 Å². The molecule has 18 heavy (non-hydrogen) atoms. The number of hydrogen-bond donors (Lipinski definition) is 0.